The first kappa shape index (κ1) is 20.9. The first-order valence-corrected chi connectivity index (χ1v) is 11.3. The van der Waals surface area contributed by atoms with Gasteiger partial charge in [0.1, 0.15) is 5.75 Å². The molecule has 1 N–H and O–H groups in total. The van der Waals surface area contributed by atoms with E-state index < -0.39 is 0 Å². The fourth-order valence-corrected chi connectivity index (χ4v) is 4.52. The Labute approximate surface area is 194 Å². The van der Waals surface area contributed by atoms with Gasteiger partial charge >= 0.3 is 6.03 Å². The van der Waals surface area contributed by atoms with Gasteiger partial charge in [0.15, 0.2) is 0 Å². The van der Waals surface area contributed by atoms with E-state index in [9.17, 15) is 4.79 Å². The van der Waals surface area contributed by atoms with E-state index in [1.807, 2.05) is 73.3 Å². The molecule has 4 aromatic rings. The second-order valence-electron chi connectivity index (χ2n) is 8.26. The Kier molecular flexibility index (Phi) is 5.61. The molecule has 0 unspecified atom stereocenters. The lowest BCUT2D eigenvalue weighted by atomic mass is 10.0. The Hall–Kier alpha value is -3.99. The Bertz CT molecular complexity index is 1280. The highest BCUT2D eigenvalue weighted by molar-refractivity contribution is 5.90. The number of ether oxygens (including phenoxy) is 1. The van der Waals surface area contributed by atoms with Gasteiger partial charge in [-0.1, -0.05) is 42.5 Å². The van der Waals surface area contributed by atoms with Gasteiger partial charge in [-0.05, 0) is 73.0 Å². The van der Waals surface area contributed by atoms with Crippen molar-refractivity contribution in [3.05, 3.63) is 114 Å². The molecule has 5 nitrogen and oxygen atoms in total. The fourth-order valence-electron chi connectivity index (χ4n) is 4.52. The molecule has 0 radical (unpaired) electrons. The summed E-state index contributed by atoms with van der Waals surface area (Å²) in [7, 11) is 0. The van der Waals surface area contributed by atoms with Gasteiger partial charge in [-0.25, -0.2) is 4.79 Å². The van der Waals surface area contributed by atoms with Crippen LogP contribution in [0.3, 0.4) is 0 Å². The monoisotopic (exact) mass is 437 g/mol. The van der Waals surface area contributed by atoms with E-state index in [0.29, 0.717) is 13.2 Å². The van der Waals surface area contributed by atoms with E-state index in [1.54, 1.807) is 0 Å². The minimum atomic E-state index is -0.257. The number of carbonyl (C=O) groups excluding carboxylic acids is 1. The van der Waals surface area contributed by atoms with E-state index >= 15 is 0 Å². The molecular formula is C28H27N3O2. The van der Waals surface area contributed by atoms with Crippen molar-refractivity contribution >= 4 is 11.7 Å². The van der Waals surface area contributed by atoms with Crippen molar-refractivity contribution in [2.45, 2.75) is 26.4 Å². The van der Waals surface area contributed by atoms with Crippen LogP contribution >= 0.6 is 0 Å². The van der Waals surface area contributed by atoms with Crippen molar-refractivity contribution in [1.82, 2.24) is 9.47 Å². The number of aromatic nitrogens is 1. The number of amides is 2. The van der Waals surface area contributed by atoms with Crippen molar-refractivity contribution < 1.29 is 9.53 Å². The predicted molar refractivity (Wildman–Crippen MR) is 131 cm³/mol. The molecule has 1 aromatic heterocycles. The van der Waals surface area contributed by atoms with Crippen molar-refractivity contribution in [3.63, 3.8) is 0 Å². The maximum atomic E-state index is 13.7. The van der Waals surface area contributed by atoms with Crippen LogP contribution in [0.4, 0.5) is 10.5 Å². The zero-order chi connectivity index (χ0) is 22.8. The van der Waals surface area contributed by atoms with Gasteiger partial charge in [-0.15, -0.1) is 0 Å². The molecule has 2 heterocycles. The highest BCUT2D eigenvalue weighted by Crippen LogP contribution is 2.37. The number of anilines is 1. The summed E-state index contributed by atoms with van der Waals surface area (Å²) >= 11 is 0. The largest absolute Gasteiger partial charge is 0.494 e. The quantitative estimate of drug-likeness (QED) is 0.406. The SMILES string of the molecule is CCOc1ccc([C@@H]2c3cccn3-c3ccccc3CN2C(=O)Nc2cccc(C)c2)cc1. The van der Waals surface area contributed by atoms with Crippen molar-refractivity contribution in [3.8, 4) is 11.4 Å². The third-order valence-corrected chi connectivity index (χ3v) is 6.00. The van der Waals surface area contributed by atoms with Gasteiger partial charge in [-0.2, -0.15) is 0 Å². The molecule has 0 saturated carbocycles. The topological polar surface area (TPSA) is 46.5 Å². The molecule has 0 bridgehead atoms. The Morgan fingerprint density at radius 1 is 1.00 bits per heavy atom. The van der Waals surface area contributed by atoms with Crippen LogP contribution < -0.4 is 10.1 Å². The third-order valence-electron chi connectivity index (χ3n) is 6.00. The second kappa shape index (κ2) is 8.87. The number of rotatable bonds is 4. The summed E-state index contributed by atoms with van der Waals surface area (Å²) in [4.78, 5) is 15.6. The minimum Gasteiger partial charge on any atom is -0.494 e. The normalized spacial score (nSPS) is 14.7. The summed E-state index contributed by atoms with van der Waals surface area (Å²) < 4.78 is 7.84. The molecule has 2 amide bonds. The van der Waals surface area contributed by atoms with Crippen LogP contribution in [-0.2, 0) is 6.54 Å². The molecule has 0 fully saturated rings. The molecule has 0 saturated heterocycles. The van der Waals surface area contributed by atoms with Crippen LogP contribution in [0.25, 0.3) is 5.69 Å². The highest BCUT2D eigenvalue weighted by Gasteiger charge is 2.33. The number of urea groups is 1. The number of hydrogen-bond donors (Lipinski definition) is 1. The zero-order valence-electron chi connectivity index (χ0n) is 18.9. The van der Waals surface area contributed by atoms with Crippen LogP contribution in [0.1, 0.15) is 35.3 Å². The first-order valence-electron chi connectivity index (χ1n) is 11.3. The summed E-state index contributed by atoms with van der Waals surface area (Å²) in [6.07, 6.45) is 2.07. The molecule has 1 atom stereocenters. The molecular weight excluding hydrogens is 410 g/mol. The number of hydrogen-bond acceptors (Lipinski definition) is 2. The van der Waals surface area contributed by atoms with Gasteiger partial charge < -0.3 is 19.5 Å². The number of nitrogens with one attached hydrogen (secondary N) is 1. The summed E-state index contributed by atoms with van der Waals surface area (Å²) in [5.74, 6) is 0.823. The van der Waals surface area contributed by atoms with Crippen molar-refractivity contribution in [1.29, 1.82) is 0 Å². The van der Waals surface area contributed by atoms with Crippen molar-refractivity contribution in [2.75, 3.05) is 11.9 Å². The van der Waals surface area contributed by atoms with Crippen LogP contribution in [-0.4, -0.2) is 22.1 Å². The van der Waals surface area contributed by atoms with E-state index in [2.05, 4.69) is 46.4 Å². The molecule has 0 spiro atoms. The summed E-state index contributed by atoms with van der Waals surface area (Å²) in [6, 6.07) is 27.9. The lowest BCUT2D eigenvalue weighted by Gasteiger charge is -2.31. The van der Waals surface area contributed by atoms with Gasteiger partial charge in [0.05, 0.1) is 24.9 Å². The molecule has 1 aliphatic rings. The lowest BCUT2D eigenvalue weighted by molar-refractivity contribution is 0.194. The number of para-hydroxylation sites is 1. The molecule has 3 aromatic carbocycles. The number of carbonyl (C=O) groups is 1. The lowest BCUT2D eigenvalue weighted by Crippen LogP contribution is -2.37. The van der Waals surface area contributed by atoms with Crippen LogP contribution in [0, 0.1) is 6.92 Å². The number of fused-ring (bicyclic) bond motifs is 3. The summed E-state index contributed by atoms with van der Waals surface area (Å²) in [5, 5.41) is 3.12. The predicted octanol–water partition coefficient (Wildman–Crippen LogP) is 6.32. The standard InChI is InChI=1S/C28H27N3O2/c1-3-33-24-15-13-21(14-16-24)27-26-12-7-17-30(26)25-11-5-4-9-22(25)19-31(27)28(32)29-23-10-6-8-20(2)18-23/h4-18,27H,3,19H2,1-2H3,(H,29,32)/t27-/m1/s1. The van der Waals surface area contributed by atoms with E-state index in [4.69, 9.17) is 4.74 Å². The average molecular weight is 438 g/mol. The molecule has 166 valence electrons. The average Bonchev–Trinajstić information content (AvgIpc) is 3.24. The molecule has 5 rings (SSSR count). The Morgan fingerprint density at radius 2 is 1.82 bits per heavy atom. The van der Waals surface area contributed by atoms with Gasteiger partial charge in [0.2, 0.25) is 0 Å². The smallest absolute Gasteiger partial charge is 0.322 e. The maximum absolute atomic E-state index is 13.7. The Balaban J connectivity index is 1.60. The van der Waals surface area contributed by atoms with Crippen LogP contribution in [0.15, 0.2) is 91.1 Å². The van der Waals surface area contributed by atoms with E-state index in [1.165, 1.54) is 0 Å². The zero-order valence-corrected chi connectivity index (χ0v) is 18.9. The van der Waals surface area contributed by atoms with E-state index in [-0.39, 0.29) is 12.1 Å². The molecule has 5 heteroatoms. The molecule has 0 aliphatic carbocycles. The van der Waals surface area contributed by atoms with Crippen molar-refractivity contribution in [2.24, 2.45) is 0 Å². The second-order valence-corrected chi connectivity index (χ2v) is 8.26. The highest BCUT2D eigenvalue weighted by atomic mass is 16.5. The van der Waals surface area contributed by atoms with Gasteiger partial charge in [-0.3, -0.25) is 0 Å². The summed E-state index contributed by atoms with van der Waals surface area (Å²) in [6.45, 7) is 5.10. The summed E-state index contributed by atoms with van der Waals surface area (Å²) in [5.41, 5.74) is 6.17. The van der Waals surface area contributed by atoms with Crippen LogP contribution in [0.5, 0.6) is 5.75 Å². The number of nitrogens with zero attached hydrogens (tertiary/aromatic N) is 2. The molecule has 1 aliphatic heterocycles. The third kappa shape index (κ3) is 4.10. The van der Waals surface area contributed by atoms with Crippen LogP contribution in [0.2, 0.25) is 0 Å². The molecule has 33 heavy (non-hydrogen) atoms. The van der Waals surface area contributed by atoms with E-state index in [0.717, 1.165) is 39.5 Å². The first-order chi connectivity index (χ1) is 16.1. The number of aryl methyl sites for hydroxylation is 1. The van der Waals surface area contributed by atoms with Gasteiger partial charge in [0, 0.05) is 17.6 Å². The Morgan fingerprint density at radius 3 is 2.61 bits per heavy atom. The maximum Gasteiger partial charge on any atom is 0.322 e. The fraction of sp³-hybridized carbons (Fsp3) is 0.179. The van der Waals surface area contributed by atoms with Gasteiger partial charge in [0.25, 0.3) is 0 Å². The number of benzene rings is 3. The minimum absolute atomic E-state index is 0.135.